The van der Waals surface area contributed by atoms with E-state index in [1.54, 1.807) is 6.07 Å². The second-order valence-corrected chi connectivity index (χ2v) is 14.4. The van der Waals surface area contributed by atoms with Gasteiger partial charge in [0.25, 0.3) is 10.0 Å². The average molecular weight is 628 g/mol. The minimum atomic E-state index is -3.95. The van der Waals surface area contributed by atoms with Crippen molar-refractivity contribution < 1.29 is 17.9 Å². The number of likely N-dealkylation sites (N-methyl/N-ethyl adjacent to an activating group) is 1. The first-order chi connectivity index (χ1) is 21.4. The van der Waals surface area contributed by atoms with Crippen molar-refractivity contribution in [2.75, 3.05) is 31.5 Å². The van der Waals surface area contributed by atoms with Gasteiger partial charge in [-0.3, -0.25) is 4.72 Å². The van der Waals surface area contributed by atoms with E-state index in [0.29, 0.717) is 24.7 Å². The highest BCUT2D eigenvalue weighted by molar-refractivity contribution is 7.93. The van der Waals surface area contributed by atoms with Gasteiger partial charge in [-0.25, -0.2) is 13.4 Å². The van der Waals surface area contributed by atoms with Gasteiger partial charge in [-0.2, -0.15) is 9.64 Å². The van der Waals surface area contributed by atoms with Gasteiger partial charge in [-0.05, 0) is 73.2 Å². The summed E-state index contributed by atoms with van der Waals surface area (Å²) in [4.78, 5) is 6.05. The zero-order valence-corrected chi connectivity index (χ0v) is 26.0. The number of nitrogens with zero attached hydrogens (tertiary/aromatic N) is 4. The Bertz CT molecular complexity index is 1770. The molecule has 1 unspecified atom stereocenters. The number of hydrogen-bond donors (Lipinski definition) is 1. The lowest BCUT2D eigenvalue weighted by Crippen LogP contribution is -2.50. The molecule has 0 amide bonds. The molecule has 11 heteroatoms. The van der Waals surface area contributed by atoms with Crippen LogP contribution in [-0.2, 0) is 20.2 Å². The molecule has 1 atom stereocenters. The number of likely N-dealkylation sites (tertiary alicyclic amines) is 1. The van der Waals surface area contributed by atoms with Gasteiger partial charge < -0.3 is 14.4 Å². The van der Waals surface area contributed by atoms with Gasteiger partial charge in [0.15, 0.2) is 0 Å². The quantitative estimate of drug-likeness (QED) is 0.238. The molecule has 1 N–H and O–H groups in total. The van der Waals surface area contributed by atoms with E-state index in [1.807, 2.05) is 0 Å². The fourth-order valence-electron chi connectivity index (χ4n) is 7.16. The Balaban J connectivity index is 1.16. The van der Waals surface area contributed by atoms with Gasteiger partial charge in [-0.1, -0.05) is 48.5 Å². The van der Waals surface area contributed by atoms with Crippen molar-refractivity contribution >= 4 is 26.7 Å². The third-order valence-electron chi connectivity index (χ3n) is 9.26. The van der Waals surface area contributed by atoms with E-state index in [4.69, 9.17) is 9.47 Å². The number of anilines is 1. The number of nitriles is 1. The maximum Gasteiger partial charge on any atom is 0.263 e. The predicted molar refractivity (Wildman–Crippen MR) is 168 cm³/mol. The van der Waals surface area contributed by atoms with Gasteiger partial charge in [0.1, 0.15) is 24.3 Å². The Morgan fingerprint density at radius 1 is 1.11 bits per heavy atom. The van der Waals surface area contributed by atoms with Crippen molar-refractivity contribution in [2.45, 2.75) is 54.1 Å². The molecule has 0 radical (unpaired) electrons. The van der Waals surface area contributed by atoms with Crippen LogP contribution in [-0.4, -0.2) is 61.6 Å². The zero-order chi connectivity index (χ0) is 30.3. The maximum atomic E-state index is 12.9. The summed E-state index contributed by atoms with van der Waals surface area (Å²) in [5.41, 5.74) is 5.69. The number of rotatable bonds is 11. The van der Waals surface area contributed by atoms with Crippen LogP contribution >= 0.6 is 11.5 Å². The molecular weight excluding hydrogens is 595 g/mol. The van der Waals surface area contributed by atoms with Crippen LogP contribution in [0.3, 0.4) is 0 Å². The molecule has 44 heavy (non-hydrogen) atoms. The summed E-state index contributed by atoms with van der Waals surface area (Å²) in [6.07, 6.45) is 4.86. The second kappa shape index (κ2) is 11.6. The fraction of sp³-hybridized carbons (Fsp3) is 0.364. The van der Waals surface area contributed by atoms with Gasteiger partial charge in [0.2, 0.25) is 5.13 Å². The van der Waals surface area contributed by atoms with Gasteiger partial charge in [0, 0.05) is 36.0 Å². The summed E-state index contributed by atoms with van der Waals surface area (Å²) in [5.74, 6) is 0.775. The number of ether oxygens (including phenoxy) is 2. The molecule has 0 saturated carbocycles. The van der Waals surface area contributed by atoms with Gasteiger partial charge in [-0.15, -0.1) is 0 Å². The number of aromatic nitrogens is 2. The molecule has 1 fully saturated rings. The Hall–Kier alpha value is -3.82. The second-order valence-electron chi connectivity index (χ2n) is 11.9. The number of fused-ring (bicyclic) bond motifs is 1. The smallest absolute Gasteiger partial charge is 0.263 e. The number of hydrogen-bond acceptors (Lipinski definition) is 9. The van der Waals surface area contributed by atoms with E-state index in [9.17, 15) is 13.7 Å². The van der Waals surface area contributed by atoms with Crippen molar-refractivity contribution in [3.05, 3.63) is 101 Å². The van der Waals surface area contributed by atoms with Crippen LogP contribution in [0.4, 0.5) is 5.13 Å². The molecule has 2 heterocycles. The van der Waals surface area contributed by atoms with E-state index in [2.05, 4.69) is 80.6 Å². The highest BCUT2D eigenvalue weighted by Gasteiger charge is 2.48. The lowest BCUT2D eigenvalue weighted by molar-refractivity contribution is -0.0697. The largest absolute Gasteiger partial charge is 0.487 e. The molecule has 226 valence electrons. The van der Waals surface area contributed by atoms with E-state index in [1.165, 1.54) is 40.7 Å². The van der Waals surface area contributed by atoms with Crippen molar-refractivity contribution in [2.24, 2.45) is 0 Å². The number of benzene rings is 3. The van der Waals surface area contributed by atoms with E-state index in [0.717, 1.165) is 43.9 Å². The summed E-state index contributed by atoms with van der Waals surface area (Å²) in [6.45, 7) is 2.12. The fourth-order valence-corrected chi connectivity index (χ4v) is 8.85. The third-order valence-corrected chi connectivity index (χ3v) is 11.3. The predicted octanol–water partition coefficient (Wildman–Crippen LogP) is 5.29. The molecule has 9 nitrogen and oxygen atoms in total. The first-order valence-corrected chi connectivity index (χ1v) is 17.1. The standard InChI is InChI=1S/C33H33N5O4S2/c1-38-18-24(19-38)41-20-23(42-31-11-10-25(16-22(31)17-34)44(39,40)37-32-35-21-36-43-32)12-14-33-15-13-26(27-6-2-4-8-29(27)33)28-7-3-5-9-30(28)33/h2-11,16,21,23-24,26H,12-15,18-20H2,1H3,(H,35,36,37). The Morgan fingerprint density at radius 2 is 1.84 bits per heavy atom. The third kappa shape index (κ3) is 5.26. The van der Waals surface area contributed by atoms with Crippen LogP contribution in [0.2, 0.25) is 0 Å². The summed E-state index contributed by atoms with van der Waals surface area (Å²) in [5, 5.41) is 10.2. The van der Waals surface area contributed by atoms with E-state index < -0.39 is 10.0 Å². The topological polar surface area (TPSA) is 117 Å². The van der Waals surface area contributed by atoms with Crippen LogP contribution in [0.1, 0.15) is 59.4 Å². The highest BCUT2D eigenvalue weighted by atomic mass is 32.2. The summed E-state index contributed by atoms with van der Waals surface area (Å²) in [7, 11) is -1.88. The molecular formula is C33H33N5O4S2. The molecule has 1 saturated heterocycles. The number of sulfonamides is 1. The summed E-state index contributed by atoms with van der Waals surface area (Å²) < 4.78 is 44.9. The SMILES string of the molecule is CN1CC(OCC(CCC23CCC(c4ccccc42)c2ccccc23)Oc2ccc(S(=O)(=O)Nc3ncns3)cc2C#N)C1. The molecule has 4 aliphatic rings. The monoisotopic (exact) mass is 627 g/mol. The normalized spacial score (nSPS) is 21.5. The van der Waals surface area contributed by atoms with Crippen LogP contribution in [0.25, 0.3) is 0 Å². The first kappa shape index (κ1) is 28.9. The molecule has 4 aromatic rings. The van der Waals surface area contributed by atoms with Crippen LogP contribution in [0.15, 0.2) is 78.0 Å². The van der Waals surface area contributed by atoms with Crippen molar-refractivity contribution in [1.29, 1.82) is 5.26 Å². The Kier molecular flexibility index (Phi) is 7.62. The number of nitrogens with one attached hydrogen (secondary N) is 1. The molecule has 3 aliphatic carbocycles. The van der Waals surface area contributed by atoms with Crippen LogP contribution in [0.5, 0.6) is 5.75 Å². The Labute approximate surface area is 261 Å². The highest BCUT2D eigenvalue weighted by Crippen LogP contribution is 2.58. The summed E-state index contributed by atoms with van der Waals surface area (Å²) >= 11 is 0.935. The minimum Gasteiger partial charge on any atom is -0.487 e. The molecule has 2 bridgehead atoms. The zero-order valence-electron chi connectivity index (χ0n) is 24.3. The maximum absolute atomic E-state index is 12.9. The molecule has 0 spiro atoms. The van der Waals surface area contributed by atoms with Crippen LogP contribution in [0, 0.1) is 11.3 Å². The lowest BCUT2D eigenvalue weighted by atomic mass is 9.54. The molecule has 1 aromatic heterocycles. The average Bonchev–Trinajstić information content (AvgIpc) is 3.54. The molecule has 8 rings (SSSR count). The molecule has 1 aliphatic heterocycles. The van der Waals surface area contributed by atoms with Crippen molar-refractivity contribution in [3.63, 3.8) is 0 Å². The van der Waals surface area contributed by atoms with Crippen molar-refractivity contribution in [1.82, 2.24) is 14.3 Å². The van der Waals surface area contributed by atoms with Gasteiger partial charge >= 0.3 is 0 Å². The summed E-state index contributed by atoms with van der Waals surface area (Å²) in [6, 6.07) is 24.2. The van der Waals surface area contributed by atoms with Gasteiger partial charge in [0.05, 0.1) is 23.2 Å². The van der Waals surface area contributed by atoms with Crippen LogP contribution < -0.4 is 9.46 Å². The Morgan fingerprint density at radius 3 is 2.50 bits per heavy atom. The van der Waals surface area contributed by atoms with E-state index in [-0.39, 0.29) is 33.2 Å². The lowest BCUT2D eigenvalue weighted by Gasteiger charge is -2.50. The first-order valence-electron chi connectivity index (χ1n) is 14.9. The van der Waals surface area contributed by atoms with E-state index >= 15 is 0 Å². The van der Waals surface area contributed by atoms with Crippen molar-refractivity contribution in [3.8, 4) is 11.8 Å². The minimum absolute atomic E-state index is 0.0482. The molecule has 3 aromatic carbocycles.